The molecular weight excluding hydrogens is 410 g/mol. The minimum absolute atomic E-state index is 0.173. The molecule has 5 heteroatoms. The molecule has 0 N–H and O–H groups in total. The smallest absolute Gasteiger partial charge is 0.219 e. The Balaban J connectivity index is 0.943. The first kappa shape index (κ1) is 22.3. The highest BCUT2D eigenvalue weighted by molar-refractivity contribution is 5.73. The van der Waals surface area contributed by atoms with Gasteiger partial charge in [0.05, 0.1) is 0 Å². The Bertz CT molecular complexity index is 902. The summed E-state index contributed by atoms with van der Waals surface area (Å²) < 4.78 is 6.00. The molecule has 33 heavy (non-hydrogen) atoms. The molecule has 2 aromatic rings. The minimum Gasteiger partial charge on any atom is -0.492 e. The van der Waals surface area contributed by atoms with Gasteiger partial charge in [-0.25, -0.2) is 0 Å². The van der Waals surface area contributed by atoms with E-state index in [0.29, 0.717) is 0 Å². The van der Waals surface area contributed by atoms with Gasteiger partial charge >= 0.3 is 0 Å². The molecule has 2 atom stereocenters. The molecule has 3 fully saturated rings. The summed E-state index contributed by atoms with van der Waals surface area (Å²) in [5.74, 6) is 3.74. The van der Waals surface area contributed by atoms with E-state index in [1.165, 1.54) is 38.0 Å². The van der Waals surface area contributed by atoms with Crippen LogP contribution >= 0.6 is 0 Å². The van der Waals surface area contributed by atoms with Crippen molar-refractivity contribution in [3.05, 3.63) is 60.2 Å². The second-order valence-electron chi connectivity index (χ2n) is 10.1. The van der Waals surface area contributed by atoms with Gasteiger partial charge in [-0.05, 0) is 66.8 Å². The second-order valence-corrected chi connectivity index (χ2v) is 10.1. The molecule has 1 amide bonds. The first-order chi connectivity index (χ1) is 16.2. The number of benzene rings is 2. The van der Waals surface area contributed by atoms with Crippen molar-refractivity contribution in [3.8, 4) is 5.75 Å². The summed E-state index contributed by atoms with van der Waals surface area (Å²) in [7, 11) is 0. The van der Waals surface area contributed by atoms with Crippen molar-refractivity contribution in [3.63, 3.8) is 0 Å². The Morgan fingerprint density at radius 3 is 2.36 bits per heavy atom. The van der Waals surface area contributed by atoms with Crippen LogP contribution < -0.4 is 9.64 Å². The van der Waals surface area contributed by atoms with E-state index in [1.807, 2.05) is 4.90 Å². The Labute approximate surface area is 198 Å². The molecule has 2 aliphatic heterocycles. The van der Waals surface area contributed by atoms with Crippen molar-refractivity contribution in [2.45, 2.75) is 32.1 Å². The number of likely N-dealkylation sites (tertiary alicyclic amines) is 1. The Morgan fingerprint density at radius 2 is 1.67 bits per heavy atom. The van der Waals surface area contributed by atoms with Crippen LogP contribution in [0.2, 0.25) is 0 Å². The van der Waals surface area contributed by atoms with E-state index in [0.717, 1.165) is 62.8 Å². The van der Waals surface area contributed by atoms with Crippen molar-refractivity contribution < 1.29 is 9.53 Å². The maximum atomic E-state index is 11.5. The van der Waals surface area contributed by atoms with Gasteiger partial charge in [0, 0.05) is 58.4 Å². The lowest BCUT2D eigenvalue weighted by atomic mass is 9.93. The average Bonchev–Trinajstić information content (AvgIpc) is 3.61. The molecule has 0 aromatic heterocycles. The van der Waals surface area contributed by atoms with E-state index < -0.39 is 0 Å². The predicted octanol–water partition coefficient (Wildman–Crippen LogP) is 4.25. The highest BCUT2D eigenvalue weighted by atomic mass is 16.5. The Kier molecular flexibility index (Phi) is 6.86. The lowest BCUT2D eigenvalue weighted by Crippen LogP contribution is -2.48. The third-order valence-corrected chi connectivity index (χ3v) is 7.73. The summed E-state index contributed by atoms with van der Waals surface area (Å²) in [6.45, 7) is 9.28. The van der Waals surface area contributed by atoms with Gasteiger partial charge < -0.3 is 14.5 Å². The fraction of sp³-hybridized carbons (Fsp3) is 0.536. The molecule has 0 bridgehead atoms. The van der Waals surface area contributed by atoms with Gasteiger partial charge in [-0.2, -0.15) is 0 Å². The molecule has 2 saturated heterocycles. The molecule has 1 aliphatic carbocycles. The van der Waals surface area contributed by atoms with E-state index in [-0.39, 0.29) is 5.91 Å². The average molecular weight is 448 g/mol. The van der Waals surface area contributed by atoms with Crippen LogP contribution in [0.15, 0.2) is 54.6 Å². The number of anilines is 1. The van der Waals surface area contributed by atoms with Gasteiger partial charge in [0.25, 0.3) is 0 Å². The van der Waals surface area contributed by atoms with Crippen LogP contribution in [-0.4, -0.2) is 68.1 Å². The van der Waals surface area contributed by atoms with E-state index in [9.17, 15) is 4.79 Å². The lowest BCUT2D eigenvalue weighted by Gasteiger charge is -2.39. The molecule has 3 aliphatic rings. The molecule has 176 valence electrons. The lowest BCUT2D eigenvalue weighted by molar-refractivity contribution is -0.129. The topological polar surface area (TPSA) is 36.0 Å². The largest absolute Gasteiger partial charge is 0.492 e. The zero-order chi connectivity index (χ0) is 22.6. The quantitative estimate of drug-likeness (QED) is 0.576. The number of hydrogen-bond donors (Lipinski definition) is 0. The number of carbonyl (C=O) groups is 1. The number of nitrogens with zero attached hydrogens (tertiary/aromatic N) is 3. The number of amides is 1. The van der Waals surface area contributed by atoms with E-state index in [2.05, 4.69) is 64.4 Å². The van der Waals surface area contributed by atoms with Gasteiger partial charge in [-0.15, -0.1) is 0 Å². The van der Waals surface area contributed by atoms with Crippen LogP contribution in [0.1, 0.15) is 37.7 Å². The van der Waals surface area contributed by atoms with Gasteiger partial charge in [-0.1, -0.05) is 30.3 Å². The standard InChI is InChI=1S/C28H37N3O2/c1-22(32)30-13-15-31(16-14-30)26-9-11-27(12-10-26)33-18-17-29-20-23(21-29)7-8-25-19-28(25)24-5-3-2-4-6-24/h2-6,9-12,23,25,28H,7-8,13-21H2,1H3/t25-,28+/m1/s1. The van der Waals surface area contributed by atoms with E-state index >= 15 is 0 Å². The Hall–Kier alpha value is -2.53. The second kappa shape index (κ2) is 10.2. The fourth-order valence-corrected chi connectivity index (χ4v) is 5.49. The van der Waals surface area contributed by atoms with Crippen LogP contribution in [0, 0.1) is 11.8 Å². The SMILES string of the molecule is CC(=O)N1CCN(c2ccc(OCCN3CC(CC[C@@H]4C[C@H]4c4ccccc4)C3)cc2)CC1. The predicted molar refractivity (Wildman–Crippen MR) is 133 cm³/mol. The van der Waals surface area contributed by atoms with Crippen molar-refractivity contribution in [1.82, 2.24) is 9.80 Å². The molecule has 0 unspecified atom stereocenters. The number of carbonyl (C=O) groups excluding carboxylic acids is 1. The van der Waals surface area contributed by atoms with E-state index in [1.54, 1.807) is 12.5 Å². The van der Waals surface area contributed by atoms with Crippen molar-refractivity contribution >= 4 is 11.6 Å². The molecule has 1 saturated carbocycles. The summed E-state index contributed by atoms with van der Waals surface area (Å²) >= 11 is 0. The summed E-state index contributed by atoms with van der Waals surface area (Å²) in [5.41, 5.74) is 2.75. The number of hydrogen-bond acceptors (Lipinski definition) is 4. The molecule has 2 aromatic carbocycles. The van der Waals surface area contributed by atoms with Crippen molar-refractivity contribution in [1.29, 1.82) is 0 Å². The van der Waals surface area contributed by atoms with Gasteiger partial charge in [0.2, 0.25) is 5.91 Å². The van der Waals surface area contributed by atoms with Crippen LogP contribution in [0.3, 0.4) is 0 Å². The fourth-order valence-electron chi connectivity index (χ4n) is 5.49. The zero-order valence-corrected chi connectivity index (χ0v) is 19.9. The minimum atomic E-state index is 0.173. The summed E-state index contributed by atoms with van der Waals surface area (Å²) in [6.07, 6.45) is 4.17. The summed E-state index contributed by atoms with van der Waals surface area (Å²) in [6, 6.07) is 19.5. The van der Waals surface area contributed by atoms with Crippen molar-refractivity contribution in [2.75, 3.05) is 57.3 Å². The molecule has 5 nitrogen and oxygen atoms in total. The highest BCUT2D eigenvalue weighted by Crippen LogP contribution is 2.50. The number of piperazine rings is 1. The van der Waals surface area contributed by atoms with Crippen molar-refractivity contribution in [2.24, 2.45) is 11.8 Å². The number of ether oxygens (including phenoxy) is 1. The maximum Gasteiger partial charge on any atom is 0.219 e. The summed E-state index contributed by atoms with van der Waals surface area (Å²) in [5, 5.41) is 0. The van der Waals surface area contributed by atoms with Crippen LogP contribution in [0.5, 0.6) is 5.75 Å². The van der Waals surface area contributed by atoms with E-state index in [4.69, 9.17) is 4.74 Å². The third-order valence-electron chi connectivity index (χ3n) is 7.73. The zero-order valence-electron chi connectivity index (χ0n) is 19.9. The highest BCUT2D eigenvalue weighted by Gasteiger charge is 2.38. The summed E-state index contributed by atoms with van der Waals surface area (Å²) in [4.78, 5) is 18.3. The van der Waals surface area contributed by atoms with Crippen LogP contribution in [0.4, 0.5) is 5.69 Å². The first-order valence-corrected chi connectivity index (χ1v) is 12.7. The number of rotatable bonds is 9. The monoisotopic (exact) mass is 447 g/mol. The first-order valence-electron chi connectivity index (χ1n) is 12.7. The molecule has 0 spiro atoms. The molecular formula is C28H37N3O2. The Morgan fingerprint density at radius 1 is 0.939 bits per heavy atom. The maximum absolute atomic E-state index is 11.5. The molecule has 0 radical (unpaired) electrons. The molecule has 2 heterocycles. The van der Waals surface area contributed by atoms with Gasteiger partial charge in [0.15, 0.2) is 0 Å². The van der Waals surface area contributed by atoms with Gasteiger partial charge in [0.1, 0.15) is 12.4 Å². The van der Waals surface area contributed by atoms with Gasteiger partial charge in [-0.3, -0.25) is 9.69 Å². The normalized spacial score (nSPS) is 23.3. The van der Waals surface area contributed by atoms with Crippen LogP contribution in [-0.2, 0) is 4.79 Å². The molecule has 5 rings (SSSR count). The third kappa shape index (κ3) is 5.70. The van der Waals surface area contributed by atoms with Crippen LogP contribution in [0.25, 0.3) is 0 Å².